The topological polar surface area (TPSA) is 56.3 Å². The van der Waals surface area contributed by atoms with Crippen molar-refractivity contribution in [2.75, 3.05) is 0 Å². The van der Waals surface area contributed by atoms with Gasteiger partial charge >= 0.3 is 0 Å². The van der Waals surface area contributed by atoms with Gasteiger partial charge in [-0.2, -0.15) is 0 Å². The third-order valence-electron chi connectivity index (χ3n) is 12.4. The number of rotatable bonds is 3. The number of aromatic amines is 2. The summed E-state index contributed by atoms with van der Waals surface area (Å²) in [5, 5.41) is 6.47. The smallest absolute Gasteiger partial charge is 0.0879 e. The number of nitrogens with zero attached hydrogens (tertiary/aromatic N) is 2. The van der Waals surface area contributed by atoms with Crippen LogP contribution >= 0.6 is 0 Å². The fourth-order valence-electron chi connectivity index (χ4n) is 9.01. The fourth-order valence-corrected chi connectivity index (χ4v) is 9.01. The number of benzene rings is 5. The average molecular weight is 781 g/mol. The number of hydrogen-bond donors (Lipinski definition) is 2. The van der Waals surface area contributed by atoms with E-state index in [0.29, 0.717) is 0 Å². The average Bonchev–Trinajstić information content (AvgIpc) is 4.05. The maximum Gasteiger partial charge on any atom is 0.0879 e. The summed E-state index contributed by atoms with van der Waals surface area (Å²) in [6, 6.07) is 44.8. The minimum atomic E-state index is -0.0280. The quantitative estimate of drug-likeness (QED) is 0.179. The highest BCUT2D eigenvalue weighted by atomic mass is 14.8. The summed E-state index contributed by atoms with van der Waals surface area (Å²) in [6.45, 7) is 20.5. The highest BCUT2D eigenvalue weighted by molar-refractivity contribution is 6.30. The molecule has 3 aliphatic heterocycles. The summed E-state index contributed by atoms with van der Waals surface area (Å²) >= 11 is 0. The predicted molar refractivity (Wildman–Crippen MR) is 252 cm³/mol. The summed E-state index contributed by atoms with van der Waals surface area (Å²) in [5.74, 6) is 0. The molecule has 0 saturated heterocycles. The van der Waals surface area contributed by atoms with Crippen molar-refractivity contribution in [2.45, 2.75) is 78.6 Å². The third-order valence-corrected chi connectivity index (χ3v) is 12.4. The van der Waals surface area contributed by atoms with Gasteiger partial charge in [-0.15, -0.1) is 0 Å². The van der Waals surface area contributed by atoms with E-state index in [0.717, 1.165) is 77.6 Å². The Kier molecular flexibility index (Phi) is 8.49. The molecule has 0 saturated carbocycles. The van der Waals surface area contributed by atoms with Crippen molar-refractivity contribution in [3.63, 3.8) is 0 Å². The highest BCUT2D eigenvalue weighted by Crippen LogP contribution is 2.38. The van der Waals surface area contributed by atoms with E-state index in [1.54, 1.807) is 0 Å². The van der Waals surface area contributed by atoms with Crippen LogP contribution in [0.1, 0.15) is 95.8 Å². The second-order valence-corrected chi connectivity index (χ2v) is 19.7. The molecule has 8 bridgehead atoms. The zero-order chi connectivity index (χ0) is 41.7. The van der Waals surface area contributed by atoms with Gasteiger partial charge in [0.05, 0.1) is 27.8 Å². The van der Waals surface area contributed by atoms with Crippen LogP contribution in [0.4, 0.5) is 0 Å². The molecule has 60 heavy (non-hydrogen) atoms. The Morgan fingerprint density at radius 3 is 1.68 bits per heavy atom. The minimum Gasteiger partial charge on any atom is -0.354 e. The lowest BCUT2D eigenvalue weighted by Gasteiger charge is -2.21. The van der Waals surface area contributed by atoms with E-state index in [1.165, 1.54) is 38.6 Å². The highest BCUT2D eigenvalue weighted by Gasteiger charge is 2.26. The van der Waals surface area contributed by atoms with Crippen molar-refractivity contribution in [3.8, 4) is 22.4 Å². The largest absolute Gasteiger partial charge is 0.354 e. The molecular formula is C56H52N4. The van der Waals surface area contributed by atoms with E-state index in [9.17, 15) is 0 Å². The molecule has 3 aliphatic rings. The lowest BCUT2D eigenvalue weighted by molar-refractivity contribution is 0.590. The second kappa shape index (κ2) is 13.5. The van der Waals surface area contributed by atoms with Crippen molar-refractivity contribution >= 4 is 39.4 Å². The zero-order valence-corrected chi connectivity index (χ0v) is 36.2. The van der Waals surface area contributed by atoms with Crippen molar-refractivity contribution in [2.24, 2.45) is 9.98 Å². The first-order valence-corrected chi connectivity index (χ1v) is 21.2. The van der Waals surface area contributed by atoms with E-state index in [1.807, 2.05) is 0 Å². The van der Waals surface area contributed by atoms with Crippen molar-refractivity contribution in [3.05, 3.63) is 194 Å². The summed E-state index contributed by atoms with van der Waals surface area (Å²) in [4.78, 5) is 18.9. The van der Waals surface area contributed by atoms with Gasteiger partial charge in [-0.25, -0.2) is 9.98 Å². The lowest BCUT2D eigenvalue weighted by Crippen LogP contribution is -2.27. The number of fused-ring (bicyclic) bond motifs is 9. The normalized spacial score (nSPS) is 14.9. The van der Waals surface area contributed by atoms with Gasteiger partial charge in [-0.3, -0.25) is 0 Å². The summed E-state index contributed by atoms with van der Waals surface area (Å²) in [5.41, 5.74) is 16.5. The predicted octanol–water partition coefficient (Wildman–Crippen LogP) is 10.9. The number of H-pyrrole nitrogens is 2. The molecule has 5 heterocycles. The van der Waals surface area contributed by atoms with Gasteiger partial charge in [0.2, 0.25) is 0 Å². The molecule has 0 spiro atoms. The number of aromatic nitrogens is 2. The SMILES string of the molecule is CC(C)(C)c1ccc(C2=C3C=CC(=N3)C(c3ccc(C(C)(C)C)cc3)=c3ccc([nH]3)=C3C=c4c(-c5ccccc5)c5cc(C(C)(C)C)ccc5c(c4=N3)-c3ccc2[nH]3)cc1. The van der Waals surface area contributed by atoms with Crippen LogP contribution in [0, 0.1) is 0 Å². The molecule has 4 heteroatoms. The number of hydrogen-bond acceptors (Lipinski definition) is 2. The van der Waals surface area contributed by atoms with E-state index < -0.39 is 0 Å². The Morgan fingerprint density at radius 2 is 1.03 bits per heavy atom. The van der Waals surface area contributed by atoms with Gasteiger partial charge in [-0.05, 0) is 115 Å². The van der Waals surface area contributed by atoms with Gasteiger partial charge in [0.1, 0.15) is 0 Å². The number of aliphatic imine (C=N–C) groups is 1. The molecule has 7 aromatic rings. The molecule has 0 aliphatic carbocycles. The minimum absolute atomic E-state index is 0.0280. The van der Waals surface area contributed by atoms with Crippen LogP contribution in [0.15, 0.2) is 149 Å². The van der Waals surface area contributed by atoms with E-state index in [2.05, 4.69) is 212 Å². The monoisotopic (exact) mass is 780 g/mol. The van der Waals surface area contributed by atoms with Gasteiger partial charge in [0.25, 0.3) is 0 Å². The lowest BCUT2D eigenvalue weighted by atomic mass is 9.83. The summed E-state index contributed by atoms with van der Waals surface area (Å²) < 4.78 is 0. The van der Waals surface area contributed by atoms with Crippen LogP contribution in [0.3, 0.4) is 0 Å². The molecule has 0 radical (unpaired) electrons. The molecule has 5 aromatic carbocycles. The van der Waals surface area contributed by atoms with Gasteiger partial charge in [-0.1, -0.05) is 153 Å². The maximum absolute atomic E-state index is 5.57. The maximum atomic E-state index is 5.57. The molecule has 2 N–H and O–H groups in total. The third kappa shape index (κ3) is 6.37. The Morgan fingerprint density at radius 1 is 0.433 bits per heavy atom. The Labute approximate surface area is 352 Å². The molecule has 296 valence electrons. The zero-order valence-electron chi connectivity index (χ0n) is 36.2. The van der Waals surface area contributed by atoms with Gasteiger partial charge in [0.15, 0.2) is 0 Å². The number of nitrogens with one attached hydrogen (secondary N) is 2. The first-order valence-electron chi connectivity index (χ1n) is 21.2. The van der Waals surface area contributed by atoms with Crippen molar-refractivity contribution in [1.82, 2.24) is 9.97 Å². The van der Waals surface area contributed by atoms with Crippen LogP contribution in [0.5, 0.6) is 0 Å². The molecule has 4 nitrogen and oxygen atoms in total. The Hall–Kier alpha value is -6.52. The molecule has 0 unspecified atom stereocenters. The molecule has 2 aromatic heterocycles. The van der Waals surface area contributed by atoms with E-state index in [4.69, 9.17) is 9.98 Å². The van der Waals surface area contributed by atoms with Gasteiger partial charge in [0, 0.05) is 38.7 Å². The summed E-state index contributed by atoms with van der Waals surface area (Å²) in [6.07, 6.45) is 6.65. The van der Waals surface area contributed by atoms with Crippen LogP contribution in [0.25, 0.3) is 56.1 Å². The van der Waals surface area contributed by atoms with Crippen LogP contribution in [0.2, 0.25) is 0 Å². The van der Waals surface area contributed by atoms with Crippen molar-refractivity contribution < 1.29 is 0 Å². The van der Waals surface area contributed by atoms with Gasteiger partial charge < -0.3 is 9.97 Å². The standard InChI is InChI=1S/C56H52N4/c1-54(2,3)36-19-15-34(16-20-36)50-43-26-25-42(57-43)48-32-41-49(33-13-11-10-12-14-33)40-31-38(56(7,8)9)23-24-39(40)52(53(41)60-48)47-30-29-46(59-47)51(45-28-27-44(50)58-45)35-17-21-37(22-18-35)55(4,5)6/h10-32,57,59H,1-9H3. The van der Waals surface area contributed by atoms with Crippen LogP contribution in [-0.2, 0) is 16.2 Å². The molecule has 0 amide bonds. The van der Waals surface area contributed by atoms with Crippen molar-refractivity contribution in [1.29, 1.82) is 0 Å². The first-order chi connectivity index (χ1) is 28.6. The number of allylic oxidation sites excluding steroid dienone is 2. The molecule has 0 fully saturated rings. The van der Waals surface area contributed by atoms with E-state index >= 15 is 0 Å². The second-order valence-electron chi connectivity index (χ2n) is 19.7. The Bertz CT molecular complexity index is 3250. The molecule has 10 rings (SSSR count). The Balaban J connectivity index is 1.34. The first kappa shape index (κ1) is 37.7. The van der Waals surface area contributed by atoms with Crippen LogP contribution in [-0.4, -0.2) is 15.7 Å². The fraction of sp³-hybridized carbons (Fsp3) is 0.214. The van der Waals surface area contributed by atoms with E-state index in [-0.39, 0.29) is 16.2 Å². The van der Waals surface area contributed by atoms with Crippen LogP contribution < -0.4 is 21.3 Å². The molecule has 0 atom stereocenters. The molecular weight excluding hydrogens is 729 g/mol. The summed E-state index contributed by atoms with van der Waals surface area (Å²) in [7, 11) is 0.